The molecule has 1 saturated heterocycles. The van der Waals surface area contributed by atoms with Gasteiger partial charge in [0.25, 0.3) is 11.8 Å². The van der Waals surface area contributed by atoms with Crippen LogP contribution in [0.2, 0.25) is 0 Å². The summed E-state index contributed by atoms with van der Waals surface area (Å²) in [7, 11) is 0. The van der Waals surface area contributed by atoms with Gasteiger partial charge in [-0.2, -0.15) is 0 Å². The summed E-state index contributed by atoms with van der Waals surface area (Å²) in [4.78, 5) is 78.4. The van der Waals surface area contributed by atoms with Crippen molar-refractivity contribution in [3.8, 4) is 11.5 Å². The summed E-state index contributed by atoms with van der Waals surface area (Å²) in [6.07, 6.45) is -1.64. The predicted octanol–water partition coefficient (Wildman–Crippen LogP) is 6.01. The number of hydrogen-bond donors (Lipinski definition) is 2. The summed E-state index contributed by atoms with van der Waals surface area (Å²) >= 11 is 2.04. The third-order valence-electron chi connectivity index (χ3n) is 7.97. The van der Waals surface area contributed by atoms with Gasteiger partial charge >= 0.3 is 24.1 Å². The van der Waals surface area contributed by atoms with Gasteiger partial charge in [-0.05, 0) is 64.1 Å². The zero-order chi connectivity index (χ0) is 42.5. The van der Waals surface area contributed by atoms with E-state index in [1.165, 1.54) is 29.1 Å². The van der Waals surface area contributed by atoms with E-state index in [1.807, 2.05) is 0 Å². The lowest BCUT2D eigenvalue weighted by molar-refractivity contribution is -0.154. The number of fused-ring (bicyclic) bond motifs is 1. The maximum Gasteiger partial charge on any atom is 0.412 e. The molecule has 2 N–H and O–H groups in total. The predicted molar refractivity (Wildman–Crippen MR) is 219 cm³/mol. The summed E-state index contributed by atoms with van der Waals surface area (Å²) in [5.41, 5.74) is 0.424. The van der Waals surface area contributed by atoms with Gasteiger partial charge in [-0.1, -0.05) is 66.5 Å². The molecule has 0 radical (unpaired) electrons. The molecule has 0 atom stereocenters. The maximum atomic E-state index is 14.2. The minimum atomic E-state index is -0.825. The van der Waals surface area contributed by atoms with Crippen molar-refractivity contribution in [2.75, 3.05) is 62.7 Å². The number of anilines is 2. The first-order chi connectivity index (χ1) is 28.3. The van der Waals surface area contributed by atoms with E-state index < -0.39 is 35.4 Å². The first-order valence-electron chi connectivity index (χ1n) is 18.4. The lowest BCUT2D eigenvalue weighted by atomic mass is 9.97. The Hall–Kier alpha value is -5.82. The number of para-hydroxylation sites is 2. The molecular weight excluding hydrogens is 805 g/mol. The molecule has 59 heavy (non-hydrogen) atoms. The zero-order valence-electron chi connectivity index (χ0n) is 32.9. The van der Waals surface area contributed by atoms with Crippen LogP contribution in [0.3, 0.4) is 0 Å². The third-order valence-corrected chi connectivity index (χ3v) is 10.6. The molecule has 2 aliphatic rings. The summed E-state index contributed by atoms with van der Waals surface area (Å²) in [6, 6.07) is 20.3. The minimum absolute atomic E-state index is 0.0168. The van der Waals surface area contributed by atoms with E-state index in [9.17, 15) is 28.8 Å². The Balaban J connectivity index is 1.30. The van der Waals surface area contributed by atoms with Crippen molar-refractivity contribution in [2.45, 2.75) is 37.5 Å². The maximum absolute atomic E-state index is 14.2. The van der Waals surface area contributed by atoms with E-state index in [1.54, 1.807) is 81.4 Å². The van der Waals surface area contributed by atoms with Crippen molar-refractivity contribution in [1.29, 1.82) is 0 Å². The van der Waals surface area contributed by atoms with Crippen molar-refractivity contribution >= 4 is 70.8 Å². The highest BCUT2D eigenvalue weighted by molar-refractivity contribution is 8.25. The first kappa shape index (κ1) is 44.3. The molecule has 0 unspecified atom stereocenters. The second-order valence-electron chi connectivity index (χ2n) is 13.7. The fourth-order valence-corrected chi connectivity index (χ4v) is 7.75. The second kappa shape index (κ2) is 20.7. The molecule has 312 valence electrons. The minimum Gasteiger partial charge on any atom is -0.463 e. The van der Waals surface area contributed by atoms with Crippen LogP contribution in [0, 0.1) is 5.41 Å². The lowest BCUT2D eigenvalue weighted by Gasteiger charge is -2.27. The highest BCUT2D eigenvalue weighted by Crippen LogP contribution is 2.59. The quantitative estimate of drug-likeness (QED) is 0.0696. The van der Waals surface area contributed by atoms with Crippen LogP contribution in [0.15, 0.2) is 105 Å². The van der Waals surface area contributed by atoms with Crippen LogP contribution in [0.4, 0.5) is 21.0 Å². The van der Waals surface area contributed by atoms with Gasteiger partial charge in [0.2, 0.25) is 0 Å². The molecule has 0 aromatic heterocycles. The highest BCUT2D eigenvalue weighted by Gasteiger charge is 2.47. The fraction of sp³-hybridized carbons (Fsp3) is 0.317. The Bertz CT molecular complexity index is 2030. The van der Waals surface area contributed by atoms with Crippen molar-refractivity contribution in [1.82, 2.24) is 10.6 Å². The van der Waals surface area contributed by atoms with E-state index in [0.29, 0.717) is 21.2 Å². The monoisotopic (exact) mass is 848 g/mol. The van der Waals surface area contributed by atoms with Crippen LogP contribution >= 0.6 is 23.5 Å². The van der Waals surface area contributed by atoms with Gasteiger partial charge in [-0.25, -0.2) is 24.4 Å². The van der Waals surface area contributed by atoms with Gasteiger partial charge < -0.3 is 39.1 Å². The molecule has 2 heterocycles. The molecule has 2 aliphatic heterocycles. The number of carbonyl (C=O) groups is 6. The van der Waals surface area contributed by atoms with Crippen LogP contribution in [0.5, 0.6) is 11.5 Å². The van der Waals surface area contributed by atoms with Crippen LogP contribution in [-0.4, -0.2) is 88.7 Å². The van der Waals surface area contributed by atoms with Gasteiger partial charge in [-0.3, -0.25) is 14.4 Å². The van der Waals surface area contributed by atoms with E-state index >= 15 is 0 Å². The average molecular weight is 849 g/mol. The summed E-state index contributed by atoms with van der Waals surface area (Å²) in [6.45, 7) is 10.9. The van der Waals surface area contributed by atoms with Crippen molar-refractivity contribution in [2.24, 2.45) is 5.41 Å². The normalized spacial score (nSPS) is 13.6. The number of thioether (sulfide) groups is 2. The Labute approximate surface area is 349 Å². The average Bonchev–Trinajstić information content (AvgIpc) is 3.76. The molecule has 0 aliphatic carbocycles. The molecule has 16 nitrogen and oxygen atoms in total. The van der Waals surface area contributed by atoms with Crippen LogP contribution in [-0.2, 0) is 38.1 Å². The molecule has 0 saturated carbocycles. The summed E-state index contributed by atoms with van der Waals surface area (Å²) in [5.74, 6) is -1.91. The number of hydrogen-bond acceptors (Lipinski definition) is 14. The summed E-state index contributed by atoms with van der Waals surface area (Å²) in [5, 5.41) is 7.76. The van der Waals surface area contributed by atoms with E-state index in [0.717, 1.165) is 23.5 Å². The smallest absolute Gasteiger partial charge is 0.412 e. The van der Waals surface area contributed by atoms with Gasteiger partial charge in [0, 0.05) is 18.7 Å². The molecule has 18 heteroatoms. The SMILES string of the molecule is C=C(C)C(=O)OCCOCCNC(=O)Oc1ccc(OC(=O)NCCOCCOC(=O)C(C)(C)C)c2c1SC(=C1C(=O)N(c3ccccc3)N(c3ccccc3)C1=O)S2. The number of carbonyl (C=O) groups excluding carboxylic acids is 6. The van der Waals surface area contributed by atoms with Crippen molar-refractivity contribution in [3.63, 3.8) is 0 Å². The Morgan fingerprint density at radius 3 is 1.51 bits per heavy atom. The standard InChI is InChI=1S/C41H44N4O12S2/c1-26(2)36(48)54-24-22-52-20-18-42-39(50)56-29-16-17-30(57-40(51)43-19-21-53-23-25-55-38(49)41(3,4)5)33-32(29)58-37(59-33)31-34(46)44(27-12-8-6-9-13-27)45(35(31)47)28-14-10-7-11-15-28/h6-17H,1,18-25H2,2-5H3,(H,42,50)(H,43,51). The fourth-order valence-electron chi connectivity index (χ4n) is 5.11. The first-order valence-corrected chi connectivity index (χ1v) is 20.0. The third kappa shape index (κ3) is 11.9. The molecule has 3 aromatic rings. The van der Waals surface area contributed by atoms with Crippen molar-refractivity contribution < 1.29 is 57.2 Å². The molecule has 3 aromatic carbocycles. The Morgan fingerprint density at radius 1 is 0.644 bits per heavy atom. The van der Waals surface area contributed by atoms with Gasteiger partial charge in [0.05, 0.1) is 57.2 Å². The molecule has 1 fully saturated rings. The number of esters is 2. The van der Waals surface area contributed by atoms with Gasteiger partial charge in [0.1, 0.15) is 30.3 Å². The number of hydrazine groups is 1. The topological polar surface area (TPSA) is 188 Å². The number of amides is 4. The Kier molecular flexibility index (Phi) is 15.6. The van der Waals surface area contributed by atoms with Crippen LogP contribution < -0.4 is 30.1 Å². The number of benzene rings is 3. The second-order valence-corrected chi connectivity index (χ2v) is 16.0. The van der Waals surface area contributed by atoms with Crippen molar-refractivity contribution in [3.05, 3.63) is 94.8 Å². The number of nitrogens with zero attached hydrogens (tertiary/aromatic N) is 2. The molecule has 5 rings (SSSR count). The number of rotatable bonds is 17. The zero-order valence-corrected chi connectivity index (χ0v) is 34.5. The number of ether oxygens (including phenoxy) is 6. The molecule has 0 bridgehead atoms. The highest BCUT2D eigenvalue weighted by atomic mass is 32.2. The van der Waals surface area contributed by atoms with Gasteiger partial charge in [0.15, 0.2) is 0 Å². The van der Waals surface area contributed by atoms with Gasteiger partial charge in [-0.15, -0.1) is 0 Å². The molecular formula is C41H44N4O12S2. The Morgan fingerprint density at radius 2 is 1.08 bits per heavy atom. The van der Waals surface area contributed by atoms with Crippen LogP contribution in [0.1, 0.15) is 27.7 Å². The largest absolute Gasteiger partial charge is 0.463 e. The summed E-state index contributed by atoms with van der Waals surface area (Å²) < 4.78 is 32.6. The van der Waals surface area contributed by atoms with Crippen LogP contribution in [0.25, 0.3) is 0 Å². The van der Waals surface area contributed by atoms with E-state index in [4.69, 9.17) is 28.4 Å². The van der Waals surface area contributed by atoms with E-state index in [-0.39, 0.29) is 85.6 Å². The van der Waals surface area contributed by atoms with E-state index in [2.05, 4.69) is 17.2 Å². The number of nitrogens with one attached hydrogen (secondary N) is 2. The molecule has 0 spiro atoms. The lowest BCUT2D eigenvalue weighted by Crippen LogP contribution is -2.41. The molecule has 4 amide bonds.